The van der Waals surface area contributed by atoms with Crippen LogP contribution in [0.3, 0.4) is 0 Å². The predicted molar refractivity (Wildman–Crippen MR) is 113 cm³/mol. The molecular weight excluding hydrogens is 364 g/mol. The van der Waals surface area contributed by atoms with Gasteiger partial charge in [0.2, 0.25) is 5.91 Å². The van der Waals surface area contributed by atoms with Gasteiger partial charge in [-0.3, -0.25) is 9.69 Å². The molecule has 1 fully saturated rings. The van der Waals surface area contributed by atoms with Crippen LogP contribution in [0.1, 0.15) is 41.1 Å². The van der Waals surface area contributed by atoms with Gasteiger partial charge in [-0.1, -0.05) is 29.8 Å². The van der Waals surface area contributed by atoms with Crippen molar-refractivity contribution < 1.29 is 14.3 Å². The Labute approximate surface area is 173 Å². The van der Waals surface area contributed by atoms with Crippen molar-refractivity contribution >= 4 is 5.91 Å². The van der Waals surface area contributed by atoms with Crippen LogP contribution in [0.2, 0.25) is 0 Å². The summed E-state index contributed by atoms with van der Waals surface area (Å²) in [6, 6.07) is 13.0. The van der Waals surface area contributed by atoms with Crippen molar-refractivity contribution in [1.82, 2.24) is 10.2 Å². The van der Waals surface area contributed by atoms with Crippen molar-refractivity contribution in [3.05, 3.63) is 58.7 Å². The zero-order valence-electron chi connectivity index (χ0n) is 17.5. The van der Waals surface area contributed by atoms with Crippen molar-refractivity contribution in [2.45, 2.75) is 38.8 Å². The minimum absolute atomic E-state index is 0.113. The summed E-state index contributed by atoms with van der Waals surface area (Å²) in [6.07, 6.45) is 2.99. The molecule has 1 saturated carbocycles. The summed E-state index contributed by atoms with van der Waals surface area (Å²) in [7, 11) is 3.34. The lowest BCUT2D eigenvalue weighted by Gasteiger charge is -2.38. The Hall–Kier alpha value is -2.53. The summed E-state index contributed by atoms with van der Waals surface area (Å²) in [5.41, 5.74) is 5.05. The highest BCUT2D eigenvalue weighted by atomic mass is 16.5. The predicted octanol–water partition coefficient (Wildman–Crippen LogP) is 3.64. The first kappa shape index (κ1) is 19.8. The summed E-state index contributed by atoms with van der Waals surface area (Å²) in [6.45, 7) is 4.53. The standard InChI is InChI=1S/C24H30N2O3/c1-16-4-6-17(7-5-16)15-26-11-10-19-12-22(28-2)23(29-3)13-20(19)21(26)14-25-24(27)18-8-9-18/h4-7,12-13,18,21H,8-11,14-15H2,1-3H3,(H,25,27). The van der Waals surface area contributed by atoms with Crippen LogP contribution in [-0.2, 0) is 17.8 Å². The number of ether oxygens (including phenoxy) is 2. The Morgan fingerprint density at radius 2 is 1.79 bits per heavy atom. The normalized spacial score (nSPS) is 18.8. The van der Waals surface area contributed by atoms with Crippen LogP contribution >= 0.6 is 0 Å². The number of amides is 1. The molecule has 1 unspecified atom stereocenters. The third-order valence-electron chi connectivity index (χ3n) is 6.04. The molecule has 1 atom stereocenters. The molecule has 29 heavy (non-hydrogen) atoms. The van der Waals surface area contributed by atoms with E-state index in [0.29, 0.717) is 6.54 Å². The van der Waals surface area contributed by atoms with E-state index in [1.807, 2.05) is 0 Å². The molecule has 5 heteroatoms. The zero-order valence-corrected chi connectivity index (χ0v) is 17.5. The fraction of sp³-hybridized carbons (Fsp3) is 0.458. The van der Waals surface area contributed by atoms with Crippen molar-refractivity contribution in [3.8, 4) is 11.5 Å². The Bertz CT molecular complexity index is 874. The minimum atomic E-state index is 0.113. The van der Waals surface area contributed by atoms with Gasteiger partial charge in [0.1, 0.15) is 0 Å². The van der Waals surface area contributed by atoms with E-state index in [0.717, 1.165) is 43.9 Å². The van der Waals surface area contributed by atoms with Crippen LogP contribution in [0.15, 0.2) is 36.4 Å². The summed E-state index contributed by atoms with van der Waals surface area (Å²) >= 11 is 0. The highest BCUT2D eigenvalue weighted by Crippen LogP contribution is 2.38. The maximum Gasteiger partial charge on any atom is 0.223 e. The number of hydrogen-bond donors (Lipinski definition) is 1. The van der Waals surface area contributed by atoms with E-state index in [9.17, 15) is 4.79 Å². The number of hydrogen-bond acceptors (Lipinski definition) is 4. The van der Waals surface area contributed by atoms with Crippen molar-refractivity contribution in [2.24, 2.45) is 5.92 Å². The highest BCUT2D eigenvalue weighted by molar-refractivity contribution is 5.80. The molecule has 0 saturated heterocycles. The molecule has 1 heterocycles. The molecule has 2 aromatic carbocycles. The molecule has 0 spiro atoms. The van der Waals surface area contributed by atoms with Gasteiger partial charge in [-0.2, -0.15) is 0 Å². The van der Waals surface area contributed by atoms with Crippen LogP contribution in [0.4, 0.5) is 0 Å². The second-order valence-electron chi connectivity index (χ2n) is 8.15. The number of rotatable bonds is 7. The van der Waals surface area contributed by atoms with Gasteiger partial charge in [-0.05, 0) is 55.0 Å². The van der Waals surface area contributed by atoms with Crippen LogP contribution < -0.4 is 14.8 Å². The van der Waals surface area contributed by atoms with E-state index in [1.165, 1.54) is 22.3 Å². The largest absolute Gasteiger partial charge is 0.493 e. The van der Waals surface area contributed by atoms with Crippen molar-refractivity contribution in [1.29, 1.82) is 0 Å². The van der Waals surface area contributed by atoms with Crippen LogP contribution in [-0.4, -0.2) is 38.1 Å². The van der Waals surface area contributed by atoms with E-state index >= 15 is 0 Å². The number of nitrogens with zero attached hydrogens (tertiary/aromatic N) is 1. The van der Waals surface area contributed by atoms with Gasteiger partial charge in [0.15, 0.2) is 11.5 Å². The van der Waals surface area contributed by atoms with Gasteiger partial charge in [-0.25, -0.2) is 0 Å². The van der Waals surface area contributed by atoms with Gasteiger partial charge in [0.05, 0.1) is 20.3 Å². The molecule has 154 valence electrons. The Morgan fingerprint density at radius 3 is 2.45 bits per heavy atom. The molecule has 1 aliphatic heterocycles. The lowest BCUT2D eigenvalue weighted by atomic mass is 9.91. The lowest BCUT2D eigenvalue weighted by molar-refractivity contribution is -0.122. The Kier molecular flexibility index (Phi) is 5.76. The summed E-state index contributed by atoms with van der Waals surface area (Å²) < 4.78 is 11.1. The molecule has 2 aromatic rings. The van der Waals surface area contributed by atoms with Gasteiger partial charge in [0, 0.05) is 25.6 Å². The number of carbonyl (C=O) groups excluding carboxylic acids is 1. The SMILES string of the molecule is COc1cc2c(cc1OC)C(CNC(=O)C1CC1)N(Cc1ccc(C)cc1)CC2. The molecule has 0 bridgehead atoms. The van der Waals surface area contributed by atoms with Gasteiger partial charge in [0.25, 0.3) is 0 Å². The molecule has 4 rings (SSSR count). The third kappa shape index (κ3) is 4.40. The van der Waals surface area contributed by atoms with Gasteiger partial charge >= 0.3 is 0 Å². The van der Waals surface area contributed by atoms with Crippen molar-refractivity contribution in [3.63, 3.8) is 0 Å². The van der Waals surface area contributed by atoms with Gasteiger partial charge < -0.3 is 14.8 Å². The maximum atomic E-state index is 12.3. The number of benzene rings is 2. The second kappa shape index (κ2) is 8.46. The molecular formula is C24H30N2O3. The average Bonchev–Trinajstić information content (AvgIpc) is 3.58. The number of fused-ring (bicyclic) bond motifs is 1. The summed E-state index contributed by atoms with van der Waals surface area (Å²) in [5.74, 6) is 1.91. The first-order valence-corrected chi connectivity index (χ1v) is 10.4. The maximum absolute atomic E-state index is 12.3. The smallest absolute Gasteiger partial charge is 0.223 e. The molecule has 0 radical (unpaired) electrons. The fourth-order valence-corrected chi connectivity index (χ4v) is 4.12. The summed E-state index contributed by atoms with van der Waals surface area (Å²) in [4.78, 5) is 14.8. The van der Waals surface area contributed by atoms with Gasteiger partial charge in [-0.15, -0.1) is 0 Å². The third-order valence-corrected chi connectivity index (χ3v) is 6.04. The molecule has 5 nitrogen and oxygen atoms in total. The average molecular weight is 395 g/mol. The quantitative estimate of drug-likeness (QED) is 0.779. The van der Waals surface area contributed by atoms with E-state index in [1.54, 1.807) is 14.2 Å². The van der Waals surface area contributed by atoms with Crippen molar-refractivity contribution in [2.75, 3.05) is 27.3 Å². The molecule has 0 aromatic heterocycles. The fourth-order valence-electron chi connectivity index (χ4n) is 4.12. The minimum Gasteiger partial charge on any atom is -0.493 e. The number of carbonyl (C=O) groups is 1. The number of nitrogens with one attached hydrogen (secondary N) is 1. The Balaban J connectivity index is 1.61. The highest BCUT2D eigenvalue weighted by Gasteiger charge is 2.33. The first-order chi connectivity index (χ1) is 14.1. The molecule has 1 amide bonds. The Morgan fingerprint density at radius 1 is 1.10 bits per heavy atom. The van der Waals surface area contributed by atoms with E-state index < -0.39 is 0 Å². The molecule has 1 N–H and O–H groups in total. The number of methoxy groups -OCH3 is 2. The van der Waals surface area contributed by atoms with E-state index in [-0.39, 0.29) is 17.9 Å². The van der Waals surface area contributed by atoms with Crippen LogP contribution in [0.25, 0.3) is 0 Å². The zero-order chi connectivity index (χ0) is 20.4. The first-order valence-electron chi connectivity index (χ1n) is 10.4. The van der Waals surface area contributed by atoms with E-state index in [2.05, 4.69) is 53.5 Å². The lowest BCUT2D eigenvalue weighted by Crippen LogP contribution is -2.42. The molecule has 2 aliphatic rings. The topological polar surface area (TPSA) is 50.8 Å². The van der Waals surface area contributed by atoms with Crippen LogP contribution in [0.5, 0.6) is 11.5 Å². The monoisotopic (exact) mass is 394 g/mol. The number of aryl methyl sites for hydroxylation is 1. The van der Waals surface area contributed by atoms with Crippen LogP contribution in [0, 0.1) is 12.8 Å². The summed E-state index contributed by atoms with van der Waals surface area (Å²) in [5, 5.41) is 3.19. The molecule has 1 aliphatic carbocycles. The second-order valence-corrected chi connectivity index (χ2v) is 8.15. The van der Waals surface area contributed by atoms with E-state index in [4.69, 9.17) is 9.47 Å².